The molecule has 0 aromatic heterocycles. The molecule has 7 rings (SSSR count). The molecule has 15 nitrogen and oxygen atoms in total. The molecular weight excluding hydrogens is 813 g/mol. The molecule has 1 spiro atoms. The Morgan fingerprint density at radius 1 is 0.952 bits per heavy atom. The van der Waals surface area contributed by atoms with E-state index < -0.39 is 72.5 Å². The van der Waals surface area contributed by atoms with Gasteiger partial charge in [-0.25, -0.2) is 0 Å². The van der Waals surface area contributed by atoms with E-state index in [9.17, 15) is 15.1 Å². The zero-order valence-electron chi connectivity index (χ0n) is 38.7. The zero-order chi connectivity index (χ0) is 45.4. The third-order valence-electron chi connectivity index (χ3n) is 14.6. The standard InChI is InChI=1S/C48H72N2O13/c1-11-25(2)43-28(5)17-18-47(63-43)23-34-20-33(62-47)16-15-27(4)42(60-39-22-37(55-10)44(31(8)58-39)61-38-21-36(54-9)40(49)30(7)57-38)26(3)13-12-14-32-24-56-45-41(50-53)29(6)19-35(46(51)59-34)48(32,45)52/h12-15,17-19,25-26,28,30-31,33-40,42-45,52-53H,11,16,20-24,49H2,1-10H3/b13-12+,27-15+,32-14+,50-41+/t25?,26?,28-,30+,31-,33?,34?,35?,36+,37-,38+,39?,40+,42+,43?,44-,45?,47?,48-/m1/s1. The van der Waals surface area contributed by atoms with Crippen molar-refractivity contribution in [3.05, 3.63) is 59.3 Å². The lowest BCUT2D eigenvalue weighted by atomic mass is 9.71. The van der Waals surface area contributed by atoms with E-state index in [2.05, 4.69) is 45.0 Å². The van der Waals surface area contributed by atoms with Gasteiger partial charge < -0.3 is 63.4 Å². The Bertz CT molecular complexity index is 1810. The average Bonchev–Trinajstić information content (AvgIpc) is 3.59. The van der Waals surface area contributed by atoms with Gasteiger partial charge in [0.15, 0.2) is 18.4 Å². The third kappa shape index (κ3) is 9.85. The van der Waals surface area contributed by atoms with E-state index in [4.69, 9.17) is 53.1 Å². The van der Waals surface area contributed by atoms with E-state index in [0.717, 1.165) is 12.0 Å². The van der Waals surface area contributed by atoms with E-state index in [1.54, 1.807) is 33.3 Å². The Kier molecular flexibility index (Phi) is 15.3. The monoisotopic (exact) mass is 885 g/mol. The van der Waals surface area contributed by atoms with Crippen LogP contribution in [0.4, 0.5) is 0 Å². The molecular formula is C48H72N2O13. The number of carbonyl (C=O) groups is 1. The van der Waals surface area contributed by atoms with Crippen molar-refractivity contribution in [1.82, 2.24) is 0 Å². The topological polar surface area (TPSA) is 188 Å². The first-order valence-electron chi connectivity index (χ1n) is 23.0. The van der Waals surface area contributed by atoms with Gasteiger partial charge >= 0.3 is 5.97 Å². The number of fused-ring (bicyclic) bond motifs is 2. The Morgan fingerprint density at radius 2 is 1.67 bits per heavy atom. The van der Waals surface area contributed by atoms with Crippen LogP contribution in [0.2, 0.25) is 0 Å². The van der Waals surface area contributed by atoms with Gasteiger partial charge in [0.25, 0.3) is 0 Å². The minimum atomic E-state index is -1.87. The van der Waals surface area contributed by atoms with Crippen LogP contribution in [0.15, 0.2) is 64.4 Å². The fourth-order valence-electron chi connectivity index (χ4n) is 10.6. The first kappa shape index (κ1) is 48.1. The molecule has 4 fully saturated rings. The highest BCUT2D eigenvalue weighted by Crippen LogP contribution is 2.46. The Morgan fingerprint density at radius 3 is 2.38 bits per heavy atom. The van der Waals surface area contributed by atoms with Crippen molar-refractivity contribution in [3.8, 4) is 0 Å². The summed E-state index contributed by atoms with van der Waals surface area (Å²) < 4.78 is 64.1. The number of carbonyl (C=O) groups excluding carboxylic acids is 1. The van der Waals surface area contributed by atoms with Crippen molar-refractivity contribution in [2.45, 2.75) is 185 Å². The molecule has 15 heteroatoms. The molecule has 19 atom stereocenters. The minimum absolute atomic E-state index is 0.0120. The number of ether oxygens (including phenoxy) is 10. The van der Waals surface area contributed by atoms with Gasteiger partial charge in [0.05, 0.1) is 55.4 Å². The summed E-state index contributed by atoms with van der Waals surface area (Å²) >= 11 is 0. The molecule has 6 aliphatic heterocycles. The van der Waals surface area contributed by atoms with Gasteiger partial charge in [0.2, 0.25) is 0 Å². The van der Waals surface area contributed by atoms with Gasteiger partial charge in [-0.2, -0.15) is 0 Å². The van der Waals surface area contributed by atoms with Crippen molar-refractivity contribution in [1.29, 1.82) is 0 Å². The number of methoxy groups -OCH3 is 2. The summed E-state index contributed by atoms with van der Waals surface area (Å²) in [5.74, 6) is -2.62. The summed E-state index contributed by atoms with van der Waals surface area (Å²) in [5, 5.41) is 26.2. The van der Waals surface area contributed by atoms with Crippen LogP contribution in [-0.2, 0) is 52.2 Å². The fraction of sp³-hybridized carbons (Fsp3) is 0.750. The normalized spacial score (nSPS) is 48.0. The van der Waals surface area contributed by atoms with E-state index in [1.165, 1.54) is 0 Å². The number of nitrogens with two attached hydrogens (primary N) is 1. The summed E-state index contributed by atoms with van der Waals surface area (Å²) in [6.07, 6.45) is 11.1. The van der Waals surface area contributed by atoms with E-state index >= 15 is 0 Å². The number of allylic oxidation sites excluding steroid dienone is 2. The maximum Gasteiger partial charge on any atom is 0.316 e. The first-order chi connectivity index (χ1) is 30.0. The highest BCUT2D eigenvalue weighted by Gasteiger charge is 2.60. The molecule has 0 saturated carbocycles. The average molecular weight is 885 g/mol. The van der Waals surface area contributed by atoms with Crippen molar-refractivity contribution < 1.29 is 62.5 Å². The van der Waals surface area contributed by atoms with Crippen molar-refractivity contribution in [3.63, 3.8) is 0 Å². The molecule has 352 valence electrons. The molecule has 0 amide bonds. The summed E-state index contributed by atoms with van der Waals surface area (Å²) in [4.78, 5) is 14.4. The largest absolute Gasteiger partial charge is 0.462 e. The van der Waals surface area contributed by atoms with Crippen LogP contribution in [-0.4, -0.2) is 134 Å². The number of aliphatic hydroxyl groups is 1. The summed E-state index contributed by atoms with van der Waals surface area (Å²) in [6.45, 7) is 16.2. The number of rotatable bonds is 8. The molecule has 4 saturated heterocycles. The number of esters is 1. The SMILES string of the molecule is CCC(C)C1OC2(C=C[C@H]1C)CC1CC(C/C=C(\C)[C@@H](OC3C[C@@H](OC)[C@H](O[C@H]4C[C@H](OC)[C@@H](N)[C@H](C)O4)[C@@H](C)O3)C(C)/C=C/C=C3\COC4/C(=N/O)C(C)=CC(C(=O)O1)[C@]34O)O2. The Labute approximate surface area is 372 Å². The van der Waals surface area contributed by atoms with Gasteiger partial charge in [-0.05, 0) is 62.8 Å². The molecule has 7 aliphatic rings. The van der Waals surface area contributed by atoms with Gasteiger partial charge in [-0.3, -0.25) is 4.79 Å². The molecule has 9 unspecified atom stereocenters. The van der Waals surface area contributed by atoms with Gasteiger partial charge in [-0.15, -0.1) is 0 Å². The summed E-state index contributed by atoms with van der Waals surface area (Å²) in [6, 6.07) is -0.261. The third-order valence-corrected chi connectivity index (χ3v) is 14.6. The molecule has 2 bridgehead atoms. The lowest BCUT2D eigenvalue weighted by Gasteiger charge is -2.48. The molecule has 6 heterocycles. The lowest BCUT2D eigenvalue weighted by Crippen LogP contribution is -2.57. The molecule has 1 aliphatic carbocycles. The van der Waals surface area contributed by atoms with Gasteiger partial charge in [0.1, 0.15) is 35.5 Å². The van der Waals surface area contributed by atoms with Crippen molar-refractivity contribution in [2.75, 3.05) is 20.8 Å². The predicted molar refractivity (Wildman–Crippen MR) is 232 cm³/mol. The van der Waals surface area contributed by atoms with Crippen LogP contribution < -0.4 is 5.73 Å². The van der Waals surface area contributed by atoms with Crippen LogP contribution in [0.1, 0.15) is 93.9 Å². The summed E-state index contributed by atoms with van der Waals surface area (Å²) in [5.41, 5.74) is 6.56. The van der Waals surface area contributed by atoms with Crippen LogP contribution in [0.3, 0.4) is 0 Å². The quantitative estimate of drug-likeness (QED) is 0.115. The van der Waals surface area contributed by atoms with Crippen LogP contribution >= 0.6 is 0 Å². The van der Waals surface area contributed by atoms with Crippen molar-refractivity contribution >= 4 is 11.7 Å². The highest BCUT2D eigenvalue weighted by atomic mass is 16.7. The molecule has 4 N–H and O–H groups in total. The van der Waals surface area contributed by atoms with Crippen LogP contribution in [0, 0.1) is 23.7 Å². The number of hydrogen-bond acceptors (Lipinski definition) is 15. The zero-order valence-corrected chi connectivity index (χ0v) is 38.7. The molecule has 0 aromatic carbocycles. The first-order valence-corrected chi connectivity index (χ1v) is 23.0. The fourth-order valence-corrected chi connectivity index (χ4v) is 10.6. The number of nitrogens with zero attached hydrogens (tertiary/aromatic N) is 1. The second-order valence-electron chi connectivity index (χ2n) is 19.0. The predicted octanol–water partition coefficient (Wildman–Crippen LogP) is 5.81. The summed E-state index contributed by atoms with van der Waals surface area (Å²) in [7, 11) is 3.31. The van der Waals surface area contributed by atoms with Crippen LogP contribution in [0.5, 0.6) is 0 Å². The van der Waals surface area contributed by atoms with Crippen molar-refractivity contribution in [2.24, 2.45) is 34.6 Å². The smallest absolute Gasteiger partial charge is 0.316 e. The molecule has 0 aromatic rings. The second-order valence-corrected chi connectivity index (χ2v) is 19.0. The van der Waals surface area contributed by atoms with Crippen LogP contribution in [0.25, 0.3) is 0 Å². The van der Waals surface area contributed by atoms with E-state index in [1.807, 2.05) is 39.0 Å². The van der Waals surface area contributed by atoms with E-state index in [-0.39, 0.29) is 67.0 Å². The maximum absolute atomic E-state index is 14.4. The van der Waals surface area contributed by atoms with Gasteiger partial charge in [-0.1, -0.05) is 75.7 Å². The number of hydrogen-bond donors (Lipinski definition) is 3. The minimum Gasteiger partial charge on any atom is -0.462 e. The number of oxime groups is 1. The molecule has 0 radical (unpaired) electrons. The van der Waals surface area contributed by atoms with E-state index in [0.29, 0.717) is 36.8 Å². The Hall–Kier alpha value is -2.80. The lowest BCUT2D eigenvalue weighted by molar-refractivity contribution is -0.311. The Balaban J connectivity index is 1.19. The highest BCUT2D eigenvalue weighted by molar-refractivity contribution is 6.06. The maximum atomic E-state index is 14.4. The second kappa shape index (κ2) is 20.0. The van der Waals surface area contributed by atoms with Gasteiger partial charge in [0, 0.05) is 51.7 Å². The molecule has 63 heavy (non-hydrogen) atoms.